The molecular weight excluding hydrogens is 385 g/mol. The van der Waals surface area contributed by atoms with E-state index in [2.05, 4.69) is 20.9 Å². The summed E-state index contributed by atoms with van der Waals surface area (Å²) in [5, 5.41) is 0. The minimum atomic E-state index is -0.281. The lowest BCUT2D eigenvalue weighted by Gasteiger charge is -2.36. The van der Waals surface area contributed by atoms with Gasteiger partial charge in [0.2, 0.25) is 5.91 Å². The minimum absolute atomic E-state index is 0.0164. The molecule has 1 aromatic heterocycles. The smallest absolute Gasteiger partial charge is 0.243 e. The maximum atomic E-state index is 13.2. The van der Waals surface area contributed by atoms with Gasteiger partial charge in [-0.3, -0.25) is 4.79 Å². The van der Waals surface area contributed by atoms with E-state index in [4.69, 9.17) is 0 Å². The molecule has 1 aliphatic rings. The number of hydrogen-bond donors (Lipinski definition) is 0. The Bertz CT molecular complexity index is 905. The number of halogens is 2. The van der Waals surface area contributed by atoms with E-state index in [0.29, 0.717) is 6.54 Å². The van der Waals surface area contributed by atoms with Crippen molar-refractivity contribution in [3.05, 3.63) is 88.2 Å². The van der Waals surface area contributed by atoms with Crippen molar-refractivity contribution in [2.45, 2.75) is 19.1 Å². The molecule has 126 valence electrons. The highest BCUT2D eigenvalue weighted by atomic mass is 79.9. The summed E-state index contributed by atoms with van der Waals surface area (Å²) in [4.78, 5) is 18.8. The highest BCUT2D eigenvalue weighted by molar-refractivity contribution is 9.10. The quantitative estimate of drug-likeness (QED) is 0.669. The van der Waals surface area contributed by atoms with Gasteiger partial charge in [-0.1, -0.05) is 40.2 Å². The molecule has 25 heavy (non-hydrogen) atoms. The number of fused-ring (bicyclic) bond motifs is 1. The van der Waals surface area contributed by atoms with E-state index in [1.165, 1.54) is 12.1 Å². The lowest BCUT2D eigenvalue weighted by Crippen LogP contribution is -2.42. The molecule has 1 aliphatic heterocycles. The van der Waals surface area contributed by atoms with Crippen LogP contribution in [-0.2, 0) is 17.9 Å². The molecule has 2 aromatic carbocycles. The van der Waals surface area contributed by atoms with E-state index in [9.17, 15) is 9.18 Å². The first kappa shape index (κ1) is 16.0. The first-order valence-electron chi connectivity index (χ1n) is 7.91. The van der Waals surface area contributed by atoms with E-state index in [1.54, 1.807) is 24.7 Å². The zero-order valence-electron chi connectivity index (χ0n) is 13.3. The molecule has 6 heteroatoms. The predicted molar refractivity (Wildman–Crippen MR) is 95.2 cm³/mol. The summed E-state index contributed by atoms with van der Waals surface area (Å²) in [7, 11) is 0. The zero-order valence-corrected chi connectivity index (χ0v) is 14.9. The van der Waals surface area contributed by atoms with Crippen molar-refractivity contribution in [1.82, 2.24) is 14.5 Å². The minimum Gasteiger partial charge on any atom is -0.324 e. The molecule has 0 N–H and O–H groups in total. The van der Waals surface area contributed by atoms with Gasteiger partial charge in [0.05, 0.1) is 24.3 Å². The molecule has 0 aliphatic carbocycles. The Labute approximate surface area is 153 Å². The number of hydrogen-bond acceptors (Lipinski definition) is 2. The summed E-state index contributed by atoms with van der Waals surface area (Å²) in [6.45, 7) is 0.689. The Balaban J connectivity index is 1.75. The van der Waals surface area contributed by atoms with E-state index in [1.807, 2.05) is 33.7 Å². The second-order valence-corrected chi connectivity index (χ2v) is 6.96. The van der Waals surface area contributed by atoms with Crippen LogP contribution >= 0.6 is 15.9 Å². The Morgan fingerprint density at radius 2 is 1.84 bits per heavy atom. The standard InChI is InChI=1S/C19H15BrFN3O/c20-15-5-3-14(4-6-15)19-17-9-22-12-23(17)11-18(25)24(19)10-13-1-7-16(21)8-2-13/h1-9,12,19H,10-11H2. The lowest BCUT2D eigenvalue weighted by atomic mass is 9.99. The summed E-state index contributed by atoms with van der Waals surface area (Å²) in [5.74, 6) is -0.265. The molecule has 0 saturated heterocycles. The second kappa shape index (κ2) is 6.44. The molecule has 1 amide bonds. The van der Waals surface area contributed by atoms with Crippen LogP contribution < -0.4 is 0 Å². The van der Waals surface area contributed by atoms with Crippen molar-refractivity contribution >= 4 is 21.8 Å². The molecular formula is C19H15BrFN3O. The Morgan fingerprint density at radius 3 is 2.56 bits per heavy atom. The van der Waals surface area contributed by atoms with Gasteiger partial charge in [-0.05, 0) is 35.4 Å². The molecule has 3 aromatic rings. The van der Waals surface area contributed by atoms with Crippen LogP contribution in [0.25, 0.3) is 0 Å². The Morgan fingerprint density at radius 1 is 1.12 bits per heavy atom. The van der Waals surface area contributed by atoms with Crippen LogP contribution in [0.1, 0.15) is 22.9 Å². The van der Waals surface area contributed by atoms with Crippen molar-refractivity contribution in [2.75, 3.05) is 0 Å². The number of benzene rings is 2. The van der Waals surface area contributed by atoms with Gasteiger partial charge in [0.1, 0.15) is 12.4 Å². The van der Waals surface area contributed by atoms with Crippen molar-refractivity contribution in [1.29, 1.82) is 0 Å². The van der Waals surface area contributed by atoms with Gasteiger partial charge in [0.15, 0.2) is 0 Å². The molecule has 4 rings (SSSR count). The number of nitrogens with zero attached hydrogens (tertiary/aromatic N) is 3. The average Bonchev–Trinajstić information content (AvgIpc) is 3.06. The number of amides is 1. The van der Waals surface area contributed by atoms with Gasteiger partial charge in [-0.15, -0.1) is 0 Å². The summed E-state index contributed by atoms with van der Waals surface area (Å²) in [6.07, 6.45) is 3.49. The molecule has 0 radical (unpaired) electrons. The van der Waals surface area contributed by atoms with E-state index < -0.39 is 0 Å². The number of rotatable bonds is 3. The Hall–Kier alpha value is -2.47. The maximum absolute atomic E-state index is 13.2. The number of carbonyl (C=O) groups excluding carboxylic acids is 1. The fourth-order valence-electron chi connectivity index (χ4n) is 3.19. The van der Waals surface area contributed by atoms with Crippen molar-refractivity contribution in [2.24, 2.45) is 0 Å². The van der Waals surface area contributed by atoms with Gasteiger partial charge < -0.3 is 9.47 Å². The topological polar surface area (TPSA) is 38.1 Å². The SMILES string of the molecule is O=C1Cn2cncc2C(c2ccc(Br)cc2)N1Cc1ccc(F)cc1. The van der Waals surface area contributed by atoms with Crippen LogP contribution in [0, 0.1) is 5.82 Å². The molecule has 2 heterocycles. The highest BCUT2D eigenvalue weighted by Crippen LogP contribution is 2.34. The summed E-state index contributed by atoms with van der Waals surface area (Å²) in [6, 6.07) is 14.0. The van der Waals surface area contributed by atoms with Crippen LogP contribution in [0.5, 0.6) is 0 Å². The predicted octanol–water partition coefficient (Wildman–Crippen LogP) is 3.92. The van der Waals surface area contributed by atoms with Crippen molar-refractivity contribution in [3.8, 4) is 0 Å². The third-order valence-electron chi connectivity index (χ3n) is 4.41. The van der Waals surface area contributed by atoms with Gasteiger partial charge in [0, 0.05) is 11.0 Å². The van der Waals surface area contributed by atoms with Gasteiger partial charge >= 0.3 is 0 Å². The van der Waals surface area contributed by atoms with Gasteiger partial charge in [0.25, 0.3) is 0 Å². The monoisotopic (exact) mass is 399 g/mol. The summed E-state index contributed by atoms with van der Waals surface area (Å²) in [5.41, 5.74) is 2.88. The fraction of sp³-hybridized carbons (Fsp3) is 0.158. The number of imidazole rings is 1. The maximum Gasteiger partial charge on any atom is 0.243 e. The second-order valence-electron chi connectivity index (χ2n) is 6.05. The van der Waals surface area contributed by atoms with Crippen molar-refractivity contribution < 1.29 is 9.18 Å². The average molecular weight is 400 g/mol. The van der Waals surface area contributed by atoms with Crippen LogP contribution in [0.3, 0.4) is 0 Å². The summed E-state index contributed by atoms with van der Waals surface area (Å²) < 4.78 is 16.0. The largest absolute Gasteiger partial charge is 0.324 e. The third kappa shape index (κ3) is 3.09. The van der Waals surface area contributed by atoms with E-state index in [0.717, 1.165) is 21.3 Å². The number of aromatic nitrogens is 2. The molecule has 0 saturated carbocycles. The molecule has 0 spiro atoms. The first-order valence-corrected chi connectivity index (χ1v) is 8.70. The van der Waals surface area contributed by atoms with Crippen LogP contribution in [-0.4, -0.2) is 20.4 Å². The molecule has 1 unspecified atom stereocenters. The first-order chi connectivity index (χ1) is 12.1. The normalized spacial score (nSPS) is 16.8. The third-order valence-corrected chi connectivity index (χ3v) is 4.94. The molecule has 1 atom stereocenters. The van der Waals surface area contributed by atoms with Crippen LogP contribution in [0.2, 0.25) is 0 Å². The fourth-order valence-corrected chi connectivity index (χ4v) is 3.46. The molecule has 0 bridgehead atoms. The van der Waals surface area contributed by atoms with Crippen molar-refractivity contribution in [3.63, 3.8) is 0 Å². The molecule has 0 fully saturated rings. The van der Waals surface area contributed by atoms with Crippen LogP contribution in [0.15, 0.2) is 65.5 Å². The zero-order chi connectivity index (χ0) is 17.4. The highest BCUT2D eigenvalue weighted by Gasteiger charge is 2.33. The van der Waals surface area contributed by atoms with Crippen LogP contribution in [0.4, 0.5) is 4.39 Å². The lowest BCUT2D eigenvalue weighted by molar-refractivity contribution is -0.136. The van der Waals surface area contributed by atoms with E-state index >= 15 is 0 Å². The van der Waals surface area contributed by atoms with Gasteiger partial charge in [-0.25, -0.2) is 9.37 Å². The van der Waals surface area contributed by atoms with Gasteiger partial charge in [-0.2, -0.15) is 0 Å². The number of carbonyl (C=O) groups is 1. The Kier molecular flexibility index (Phi) is 4.13. The molecule has 4 nitrogen and oxygen atoms in total. The summed E-state index contributed by atoms with van der Waals surface area (Å²) >= 11 is 3.45. The van der Waals surface area contributed by atoms with E-state index in [-0.39, 0.29) is 24.3 Å².